The Hall–Kier alpha value is -3.88. The Kier molecular flexibility index (Phi) is 6.88. The van der Waals surface area contributed by atoms with Crippen LogP contribution in [0.3, 0.4) is 0 Å². The number of amides is 1. The third-order valence-corrected chi connectivity index (χ3v) is 6.93. The Morgan fingerprint density at radius 3 is 2.72 bits per heavy atom. The van der Waals surface area contributed by atoms with Crippen molar-refractivity contribution >= 4 is 11.6 Å². The molecule has 1 unspecified atom stereocenters. The highest BCUT2D eigenvalue weighted by atomic mass is 16.5. The number of para-hydroxylation sites is 1. The van der Waals surface area contributed by atoms with Crippen LogP contribution >= 0.6 is 0 Å². The predicted octanol–water partition coefficient (Wildman–Crippen LogP) is 4.29. The number of methoxy groups -OCH3 is 1. The van der Waals surface area contributed by atoms with E-state index in [4.69, 9.17) is 14.0 Å². The number of piperidine rings is 1. The highest BCUT2D eigenvalue weighted by Gasteiger charge is 2.35. The lowest BCUT2D eigenvalue weighted by Crippen LogP contribution is -2.35. The number of hydrogen-bond acceptors (Lipinski definition) is 8. The Morgan fingerprint density at radius 2 is 2.00 bits per heavy atom. The van der Waals surface area contributed by atoms with Crippen LogP contribution in [-0.2, 0) is 4.79 Å². The molecule has 0 radical (unpaired) electrons. The zero-order chi connectivity index (χ0) is 25.1. The number of carbonyl (C=O) groups excluding carboxylic acids is 1. The van der Waals surface area contributed by atoms with Crippen molar-refractivity contribution in [2.75, 3.05) is 38.3 Å². The average molecular weight is 490 g/mol. The molecule has 9 heteroatoms. The van der Waals surface area contributed by atoms with E-state index in [1.165, 1.54) is 0 Å². The first-order valence-corrected chi connectivity index (χ1v) is 12.4. The molecule has 3 aromatic rings. The second kappa shape index (κ2) is 10.4. The molecule has 5 rings (SSSR count). The number of carbonyl (C=O) groups is 1. The van der Waals surface area contributed by atoms with Crippen LogP contribution in [0.2, 0.25) is 0 Å². The second-order valence-corrected chi connectivity index (χ2v) is 9.11. The molecule has 0 bridgehead atoms. The molecular formula is C27H31N5O4. The van der Waals surface area contributed by atoms with Crippen molar-refractivity contribution in [3.8, 4) is 23.0 Å². The van der Waals surface area contributed by atoms with Gasteiger partial charge in [0.05, 0.1) is 13.7 Å². The van der Waals surface area contributed by atoms with Crippen molar-refractivity contribution in [2.45, 2.75) is 32.1 Å². The smallest absolute Gasteiger partial charge is 0.256 e. The molecule has 2 aliphatic heterocycles. The number of benzene rings is 1. The zero-order valence-corrected chi connectivity index (χ0v) is 20.7. The van der Waals surface area contributed by atoms with E-state index >= 15 is 0 Å². The van der Waals surface area contributed by atoms with Gasteiger partial charge >= 0.3 is 0 Å². The maximum Gasteiger partial charge on any atom is 0.256 e. The highest BCUT2D eigenvalue weighted by Crippen LogP contribution is 2.35. The Bertz CT molecular complexity index is 1220. The molecule has 0 saturated carbocycles. The zero-order valence-electron chi connectivity index (χ0n) is 20.7. The molecule has 0 spiro atoms. The summed E-state index contributed by atoms with van der Waals surface area (Å²) in [7, 11) is 1.58. The summed E-state index contributed by atoms with van der Waals surface area (Å²) in [4.78, 5) is 25.8. The van der Waals surface area contributed by atoms with Crippen LogP contribution in [0.4, 0.5) is 5.69 Å². The van der Waals surface area contributed by atoms with E-state index in [1.807, 2.05) is 42.2 Å². The van der Waals surface area contributed by atoms with Gasteiger partial charge < -0.3 is 23.8 Å². The van der Waals surface area contributed by atoms with Gasteiger partial charge in [-0.3, -0.25) is 4.79 Å². The summed E-state index contributed by atoms with van der Waals surface area (Å²) in [6, 6.07) is 11.6. The number of hydrogen-bond donors (Lipinski definition) is 0. The minimum atomic E-state index is 0.131. The number of ether oxygens (including phenoxy) is 2. The van der Waals surface area contributed by atoms with Crippen molar-refractivity contribution in [3.05, 3.63) is 60.8 Å². The summed E-state index contributed by atoms with van der Waals surface area (Å²) >= 11 is 0. The summed E-state index contributed by atoms with van der Waals surface area (Å²) in [5.74, 6) is 2.55. The molecule has 9 nitrogen and oxygen atoms in total. The van der Waals surface area contributed by atoms with Crippen LogP contribution in [0.15, 0.2) is 59.4 Å². The van der Waals surface area contributed by atoms with Gasteiger partial charge in [-0.2, -0.15) is 4.98 Å². The van der Waals surface area contributed by atoms with Crippen LogP contribution in [-0.4, -0.2) is 59.3 Å². The monoisotopic (exact) mass is 489 g/mol. The number of nitrogens with zero attached hydrogens (tertiary/aromatic N) is 5. The fourth-order valence-corrected chi connectivity index (χ4v) is 4.92. The van der Waals surface area contributed by atoms with Crippen molar-refractivity contribution in [2.24, 2.45) is 5.92 Å². The number of likely N-dealkylation sites (tertiary alicyclic amines) is 1. The lowest BCUT2D eigenvalue weighted by molar-refractivity contribution is -0.117. The van der Waals surface area contributed by atoms with Crippen molar-refractivity contribution in [1.29, 1.82) is 0 Å². The maximum atomic E-state index is 12.6. The molecular weight excluding hydrogens is 458 g/mol. The first-order chi connectivity index (χ1) is 17.6. The number of aromatic nitrogens is 3. The third-order valence-electron chi connectivity index (χ3n) is 6.93. The number of pyridine rings is 1. The Balaban J connectivity index is 1.19. The molecule has 2 aromatic heterocycles. The Labute approximate surface area is 210 Å². The van der Waals surface area contributed by atoms with E-state index in [9.17, 15) is 4.79 Å². The summed E-state index contributed by atoms with van der Waals surface area (Å²) in [6.45, 7) is 9.13. The lowest BCUT2D eigenvalue weighted by atomic mass is 9.94. The van der Waals surface area contributed by atoms with Gasteiger partial charge in [0, 0.05) is 61.0 Å². The molecule has 36 heavy (non-hydrogen) atoms. The number of anilines is 1. The minimum absolute atomic E-state index is 0.131. The van der Waals surface area contributed by atoms with Gasteiger partial charge in [0.25, 0.3) is 5.88 Å². The average Bonchev–Trinajstić information content (AvgIpc) is 3.57. The molecule has 2 aliphatic rings. The van der Waals surface area contributed by atoms with Crippen molar-refractivity contribution < 1.29 is 18.8 Å². The van der Waals surface area contributed by atoms with E-state index < -0.39 is 0 Å². The van der Waals surface area contributed by atoms with Gasteiger partial charge in [-0.25, -0.2) is 4.98 Å². The molecule has 1 amide bonds. The largest absolute Gasteiger partial charge is 0.491 e. The number of rotatable bonds is 8. The van der Waals surface area contributed by atoms with Gasteiger partial charge in [0.2, 0.25) is 17.6 Å². The van der Waals surface area contributed by atoms with Crippen LogP contribution in [0.25, 0.3) is 11.4 Å². The van der Waals surface area contributed by atoms with E-state index in [0.717, 1.165) is 37.3 Å². The molecule has 188 valence electrons. The van der Waals surface area contributed by atoms with Crippen LogP contribution in [0.5, 0.6) is 11.6 Å². The fraction of sp³-hybridized carbons (Fsp3) is 0.407. The van der Waals surface area contributed by atoms with Gasteiger partial charge in [-0.15, -0.1) is 0 Å². The summed E-state index contributed by atoms with van der Waals surface area (Å²) in [6.07, 6.45) is 3.93. The standard InChI is InChI=1S/C27H31N5O4/c1-4-35-27-23(34-3)14-20(16-28-27)25-29-26(36-30-25)19-10-12-31(13-11-19)18(2)21-15-24(33)32(17-21)22-8-6-5-7-9-22/h5-9,14,16,19,21H,2,4,10-13,15,17H2,1,3H3. The molecule has 2 fully saturated rings. The SMILES string of the molecule is C=C(C1CC(=O)N(c2ccccc2)C1)N1CCC(c2nc(-c3cnc(OCC)c(OC)c3)no2)CC1. The van der Waals surface area contributed by atoms with Crippen molar-refractivity contribution in [3.63, 3.8) is 0 Å². The van der Waals surface area contributed by atoms with Crippen LogP contribution < -0.4 is 14.4 Å². The van der Waals surface area contributed by atoms with Crippen LogP contribution in [0.1, 0.15) is 38.0 Å². The van der Waals surface area contributed by atoms with E-state index in [1.54, 1.807) is 19.4 Å². The first-order valence-electron chi connectivity index (χ1n) is 12.4. The third kappa shape index (κ3) is 4.78. The normalized spacial score (nSPS) is 18.5. The maximum absolute atomic E-state index is 12.6. The highest BCUT2D eigenvalue weighted by molar-refractivity contribution is 5.96. The molecule has 4 heterocycles. The molecule has 1 atom stereocenters. The van der Waals surface area contributed by atoms with Crippen LogP contribution in [0, 0.1) is 5.92 Å². The topological polar surface area (TPSA) is 93.8 Å². The summed E-state index contributed by atoms with van der Waals surface area (Å²) < 4.78 is 16.5. The quantitative estimate of drug-likeness (QED) is 0.463. The van der Waals surface area contributed by atoms with Gasteiger partial charge in [-0.05, 0) is 38.0 Å². The molecule has 2 saturated heterocycles. The molecule has 0 N–H and O–H groups in total. The van der Waals surface area contributed by atoms with E-state index in [2.05, 4.69) is 26.6 Å². The fourth-order valence-electron chi connectivity index (χ4n) is 4.92. The molecule has 1 aromatic carbocycles. The van der Waals surface area contributed by atoms with Crippen molar-refractivity contribution in [1.82, 2.24) is 20.0 Å². The van der Waals surface area contributed by atoms with Gasteiger partial charge in [0.1, 0.15) is 0 Å². The van der Waals surface area contributed by atoms with E-state index in [-0.39, 0.29) is 17.7 Å². The summed E-state index contributed by atoms with van der Waals surface area (Å²) in [5.41, 5.74) is 2.70. The first kappa shape index (κ1) is 23.8. The summed E-state index contributed by atoms with van der Waals surface area (Å²) in [5, 5.41) is 4.18. The van der Waals surface area contributed by atoms with E-state index in [0.29, 0.717) is 48.5 Å². The Morgan fingerprint density at radius 1 is 1.22 bits per heavy atom. The lowest BCUT2D eigenvalue weighted by Gasteiger charge is -2.35. The van der Waals surface area contributed by atoms with Gasteiger partial charge in [-0.1, -0.05) is 29.9 Å². The second-order valence-electron chi connectivity index (χ2n) is 9.11. The minimum Gasteiger partial charge on any atom is -0.491 e. The van der Waals surface area contributed by atoms with Gasteiger partial charge in [0.15, 0.2) is 5.75 Å². The predicted molar refractivity (Wildman–Crippen MR) is 135 cm³/mol. The molecule has 0 aliphatic carbocycles.